The number of nitrogens with one attached hydrogen (secondary N) is 3. The molecule has 0 saturated heterocycles. The zero-order valence-corrected chi connectivity index (χ0v) is 34.2. The van der Waals surface area contributed by atoms with Crippen molar-refractivity contribution in [2.45, 2.75) is 20.9 Å². The number of anilines is 5. The first-order valence-electron chi connectivity index (χ1n) is 16.3. The summed E-state index contributed by atoms with van der Waals surface area (Å²) in [4.78, 5) is 27.0. The van der Waals surface area contributed by atoms with E-state index in [1.54, 1.807) is 0 Å². The number of benzene rings is 3. The molecule has 31 heteroatoms. The number of sulfone groups is 1. The number of rotatable bonds is 15. The van der Waals surface area contributed by atoms with Crippen molar-refractivity contribution in [2.24, 2.45) is 15.2 Å². The maximum atomic E-state index is 12.8. The minimum absolute atomic E-state index is 0.0760. The zero-order valence-electron chi connectivity index (χ0n) is 30.2. The molecular formula is C30H26ClN11O15S4. The Balaban J connectivity index is 1.31. The summed E-state index contributed by atoms with van der Waals surface area (Å²) in [6.45, 7) is -0.830. The highest BCUT2D eigenvalue weighted by molar-refractivity contribution is 7.91. The summed E-state index contributed by atoms with van der Waals surface area (Å²) in [5.41, 5.74) is -1.61. The van der Waals surface area contributed by atoms with Gasteiger partial charge in [0.25, 0.3) is 26.3 Å². The minimum Gasteiger partial charge on any atom is -0.476 e. The quantitative estimate of drug-likeness (QED) is 0.0585. The van der Waals surface area contributed by atoms with Gasteiger partial charge in [-0.3, -0.25) is 19.0 Å². The first-order chi connectivity index (χ1) is 28.5. The molecule has 0 aliphatic carbocycles. The molecule has 7 N–H and O–H groups in total. The maximum absolute atomic E-state index is 12.8. The average Bonchev–Trinajstić information content (AvgIpc) is 3.56. The van der Waals surface area contributed by atoms with Crippen molar-refractivity contribution in [1.82, 2.24) is 24.7 Å². The van der Waals surface area contributed by atoms with Crippen LogP contribution in [0.2, 0.25) is 5.28 Å². The van der Waals surface area contributed by atoms with Crippen LogP contribution < -0.4 is 16.0 Å². The molecule has 2 aromatic heterocycles. The Morgan fingerprint density at radius 2 is 1.49 bits per heavy atom. The summed E-state index contributed by atoms with van der Waals surface area (Å²) < 4.78 is 135. The van der Waals surface area contributed by atoms with Crippen LogP contribution in [0.3, 0.4) is 0 Å². The lowest BCUT2D eigenvalue weighted by Crippen LogP contribution is -2.23. The molecule has 0 fully saturated rings. The highest BCUT2D eigenvalue weighted by Gasteiger charge is 2.35. The van der Waals surface area contributed by atoms with Gasteiger partial charge < -0.3 is 20.5 Å². The molecule has 3 heterocycles. The minimum atomic E-state index is -5.15. The second-order valence-electron chi connectivity index (χ2n) is 11.9. The summed E-state index contributed by atoms with van der Waals surface area (Å²) in [5.74, 6) is -3.13. The number of methoxy groups -OCH3 is 1. The van der Waals surface area contributed by atoms with Crippen LogP contribution in [-0.4, -0.2) is 109 Å². The Morgan fingerprint density at radius 1 is 0.869 bits per heavy atom. The lowest BCUT2D eigenvalue weighted by atomic mass is 10.1. The second kappa shape index (κ2) is 17.0. The molecule has 322 valence electrons. The first-order valence-corrected chi connectivity index (χ1v) is 22.5. The number of fused-ring (bicyclic) bond motifs is 1. The van der Waals surface area contributed by atoms with E-state index >= 15 is 0 Å². The second-order valence-corrected chi connectivity index (χ2v) is 18.2. The van der Waals surface area contributed by atoms with E-state index in [4.69, 9.17) is 20.9 Å². The van der Waals surface area contributed by atoms with Gasteiger partial charge in [0.2, 0.25) is 17.2 Å². The van der Waals surface area contributed by atoms with E-state index in [-0.39, 0.29) is 56.5 Å². The zero-order chi connectivity index (χ0) is 44.5. The average molecular weight is 944 g/mol. The normalized spacial score (nSPS) is 14.5. The number of carbonyl (C=O) groups is 1. The van der Waals surface area contributed by atoms with Crippen molar-refractivity contribution in [3.8, 4) is 5.69 Å². The van der Waals surface area contributed by atoms with Crippen LogP contribution in [0.25, 0.3) is 5.69 Å². The molecule has 1 atom stereocenters. The molecule has 26 nitrogen and oxygen atoms in total. The number of amidine groups is 1. The van der Waals surface area contributed by atoms with E-state index in [2.05, 4.69) is 55.4 Å². The number of aromatic carboxylic acids is 1. The Labute approximate surface area is 348 Å². The largest absolute Gasteiger partial charge is 0.476 e. The van der Waals surface area contributed by atoms with Crippen molar-refractivity contribution in [1.29, 1.82) is 0 Å². The molecule has 1 unspecified atom stereocenters. The highest BCUT2D eigenvalue weighted by atomic mass is 35.5. The van der Waals surface area contributed by atoms with Crippen LogP contribution in [-0.2, 0) is 49.4 Å². The molecule has 1 aliphatic heterocycles. The molecule has 0 bridgehead atoms. The van der Waals surface area contributed by atoms with Gasteiger partial charge in [-0.05, 0) is 66.2 Å². The highest BCUT2D eigenvalue weighted by Crippen LogP contribution is 2.39. The number of aromatic nitrogens is 5. The third-order valence-electron chi connectivity index (χ3n) is 7.84. The van der Waals surface area contributed by atoms with E-state index < -0.39 is 86.1 Å². The Kier molecular flexibility index (Phi) is 12.4. The Bertz CT molecular complexity index is 3080. The number of aliphatic imine (C=N–C) groups is 1. The molecule has 3 aromatic carbocycles. The fraction of sp³-hybridized carbons (Fsp3) is 0.133. The lowest BCUT2D eigenvalue weighted by molar-refractivity contribution is 0.0688. The van der Waals surface area contributed by atoms with Crippen molar-refractivity contribution in [3.63, 3.8) is 0 Å². The maximum Gasteiger partial charge on any atom is 0.397 e. The van der Waals surface area contributed by atoms with Crippen molar-refractivity contribution in [2.75, 3.05) is 35.4 Å². The van der Waals surface area contributed by atoms with Gasteiger partial charge in [-0.15, -0.1) is 0 Å². The van der Waals surface area contributed by atoms with Crippen molar-refractivity contribution in [3.05, 3.63) is 83.3 Å². The van der Waals surface area contributed by atoms with Gasteiger partial charge >= 0.3 is 16.4 Å². The van der Waals surface area contributed by atoms with Crippen LogP contribution in [0.15, 0.2) is 96.6 Å². The fourth-order valence-corrected chi connectivity index (χ4v) is 8.27. The van der Waals surface area contributed by atoms with Crippen LogP contribution >= 0.6 is 11.6 Å². The fourth-order valence-electron chi connectivity index (χ4n) is 5.30. The van der Waals surface area contributed by atoms with Crippen LogP contribution in [0.4, 0.5) is 34.8 Å². The number of azo groups is 1. The van der Waals surface area contributed by atoms with E-state index in [0.29, 0.717) is 0 Å². The Morgan fingerprint density at radius 3 is 2.10 bits per heavy atom. The molecule has 0 amide bonds. The third kappa shape index (κ3) is 10.6. The molecule has 1 aliphatic rings. The van der Waals surface area contributed by atoms with Gasteiger partial charge in [0.05, 0.1) is 35.6 Å². The van der Waals surface area contributed by atoms with E-state index in [1.807, 2.05) is 0 Å². The molecular weight excluding hydrogens is 918 g/mol. The Hall–Kier alpha value is -6.25. The molecule has 0 saturated carbocycles. The number of ether oxygens (including phenoxy) is 1. The number of nitrogens with zero attached hydrogens (tertiary/aromatic N) is 8. The standard InChI is InChI=1S/C30H26ClN11O15S4/c1-56-30-34-24(40-39-18-4-2-3-5-20(18)59(47,48)49)22-23(26(43)44)41-42(25(22)35-30)19-11-8-16(14-21(19)60(50,51)52)33-29-37-27(31)36-28(38-29)32-15-6-9-17(10-7-15)58(45,46)13-12-57-61(53,54)55/h2-11,14,24H,12-13H2,1H3,(H,34,35)(H,43,44)(H,47,48,49)(H,50,51,52)(H,53,54,55)(H2,32,33,36,37,38). The van der Waals surface area contributed by atoms with Gasteiger partial charge in [0.15, 0.2) is 21.7 Å². The monoisotopic (exact) mass is 943 g/mol. The van der Waals surface area contributed by atoms with Crippen LogP contribution in [0.1, 0.15) is 22.2 Å². The van der Waals surface area contributed by atoms with Gasteiger partial charge in [-0.1, -0.05) is 12.1 Å². The summed E-state index contributed by atoms with van der Waals surface area (Å²) in [7, 11) is -17.6. The predicted octanol–water partition coefficient (Wildman–Crippen LogP) is 3.19. The van der Waals surface area contributed by atoms with Crippen molar-refractivity contribution < 1.29 is 66.2 Å². The third-order valence-corrected chi connectivity index (χ3v) is 12.0. The molecule has 61 heavy (non-hydrogen) atoms. The van der Waals surface area contributed by atoms with E-state index in [1.165, 1.54) is 55.6 Å². The van der Waals surface area contributed by atoms with Gasteiger partial charge in [-0.25, -0.2) is 27.1 Å². The molecule has 0 spiro atoms. The summed E-state index contributed by atoms with van der Waals surface area (Å²) in [5, 5.41) is 29.8. The summed E-state index contributed by atoms with van der Waals surface area (Å²) in [6.07, 6.45) is -1.60. The van der Waals surface area contributed by atoms with Crippen molar-refractivity contribution >= 4 is 98.8 Å². The first kappa shape index (κ1) is 44.3. The molecule has 0 radical (unpaired) electrons. The van der Waals surface area contributed by atoms with Gasteiger partial charge in [0.1, 0.15) is 21.3 Å². The number of hydrogen-bond acceptors (Lipinski definition) is 21. The van der Waals surface area contributed by atoms with Crippen LogP contribution in [0, 0.1) is 0 Å². The number of hydrogen-bond donors (Lipinski definition) is 7. The number of halogens is 1. The van der Waals surface area contributed by atoms with Gasteiger partial charge in [-0.2, -0.15) is 55.5 Å². The summed E-state index contributed by atoms with van der Waals surface area (Å²) in [6, 6.07) is 12.9. The molecule has 5 aromatic rings. The van der Waals surface area contributed by atoms with E-state index in [0.717, 1.165) is 22.9 Å². The lowest BCUT2D eigenvalue weighted by Gasteiger charge is -2.20. The smallest absolute Gasteiger partial charge is 0.397 e. The molecule has 6 rings (SSSR count). The predicted molar refractivity (Wildman–Crippen MR) is 209 cm³/mol. The topological polar surface area (TPSA) is 383 Å². The number of carboxylic acids is 1. The van der Waals surface area contributed by atoms with Crippen LogP contribution in [0.5, 0.6) is 0 Å². The number of carboxylic acid groups (broad SMARTS) is 1. The summed E-state index contributed by atoms with van der Waals surface area (Å²) >= 11 is 6.10. The SMILES string of the molecule is COC1=NC(N=Nc2ccccc2S(=O)(=O)O)c2c(C(=O)O)nn(-c3ccc(Nc4nc(Cl)nc(Nc5ccc(S(=O)(=O)CCOS(=O)(=O)O)cc5)n4)cc3S(=O)(=O)O)c2N1. The van der Waals surface area contributed by atoms with Gasteiger partial charge in [0, 0.05) is 11.4 Å². The van der Waals surface area contributed by atoms with E-state index in [9.17, 15) is 52.7 Å².